The Bertz CT molecular complexity index is 604. The average Bonchev–Trinajstić information content (AvgIpc) is 2.94. The summed E-state index contributed by atoms with van der Waals surface area (Å²) in [6.07, 6.45) is 0. The van der Waals surface area contributed by atoms with E-state index in [-0.39, 0.29) is 17.5 Å². The molecule has 2 aromatic rings. The van der Waals surface area contributed by atoms with Crippen molar-refractivity contribution in [3.8, 4) is 0 Å². The molecule has 2 rings (SSSR count). The minimum Gasteiger partial charge on any atom is -0.324 e. The molecule has 1 N–H and O–H groups in total. The maximum absolute atomic E-state index is 13.0. The molecule has 0 bridgehead atoms. The zero-order valence-corrected chi connectivity index (χ0v) is 13.2. The monoisotopic (exact) mass is 326 g/mol. The number of benzene rings is 1. The summed E-state index contributed by atoms with van der Waals surface area (Å²) in [6, 6.07) is 7.95. The molecule has 0 atom stereocenters. The van der Waals surface area contributed by atoms with Crippen LogP contribution in [0.1, 0.15) is 11.8 Å². The SMILES string of the molecule is CCN(CC(=O)Nc1ccc(F)cc1Cl)Cc1cccs1. The van der Waals surface area contributed by atoms with Crippen LogP contribution in [-0.2, 0) is 11.3 Å². The molecule has 0 spiro atoms. The van der Waals surface area contributed by atoms with E-state index in [1.165, 1.54) is 23.1 Å². The van der Waals surface area contributed by atoms with Gasteiger partial charge in [0.25, 0.3) is 0 Å². The van der Waals surface area contributed by atoms with Gasteiger partial charge in [-0.1, -0.05) is 24.6 Å². The first-order valence-electron chi connectivity index (χ1n) is 6.58. The van der Waals surface area contributed by atoms with Crippen LogP contribution in [-0.4, -0.2) is 23.9 Å². The first-order valence-corrected chi connectivity index (χ1v) is 7.84. The molecule has 0 radical (unpaired) electrons. The maximum atomic E-state index is 13.0. The lowest BCUT2D eigenvalue weighted by atomic mass is 10.3. The lowest BCUT2D eigenvalue weighted by Gasteiger charge is -2.19. The second-order valence-electron chi connectivity index (χ2n) is 4.55. The van der Waals surface area contributed by atoms with Crippen LogP contribution in [0.2, 0.25) is 5.02 Å². The van der Waals surface area contributed by atoms with Gasteiger partial charge in [-0.25, -0.2) is 4.39 Å². The minimum atomic E-state index is -0.425. The lowest BCUT2D eigenvalue weighted by Crippen LogP contribution is -2.32. The Labute approximate surface area is 132 Å². The van der Waals surface area contributed by atoms with Gasteiger partial charge in [0.2, 0.25) is 5.91 Å². The Morgan fingerprint density at radius 2 is 2.24 bits per heavy atom. The van der Waals surface area contributed by atoms with Gasteiger partial charge in [0, 0.05) is 11.4 Å². The predicted octanol–water partition coefficient (Wildman–Crippen LogP) is 4.00. The van der Waals surface area contributed by atoms with E-state index >= 15 is 0 Å². The summed E-state index contributed by atoms with van der Waals surface area (Å²) >= 11 is 7.56. The van der Waals surface area contributed by atoms with Crippen molar-refractivity contribution in [2.75, 3.05) is 18.4 Å². The summed E-state index contributed by atoms with van der Waals surface area (Å²) in [7, 11) is 0. The van der Waals surface area contributed by atoms with Gasteiger partial charge in [0.15, 0.2) is 0 Å². The number of hydrogen-bond donors (Lipinski definition) is 1. The van der Waals surface area contributed by atoms with Crippen molar-refractivity contribution in [3.05, 3.63) is 51.4 Å². The van der Waals surface area contributed by atoms with Crippen LogP contribution >= 0.6 is 22.9 Å². The molecule has 21 heavy (non-hydrogen) atoms. The Hall–Kier alpha value is -1.43. The van der Waals surface area contributed by atoms with E-state index in [2.05, 4.69) is 5.32 Å². The van der Waals surface area contributed by atoms with Gasteiger partial charge in [0.05, 0.1) is 17.3 Å². The smallest absolute Gasteiger partial charge is 0.238 e. The molecule has 0 fully saturated rings. The van der Waals surface area contributed by atoms with Gasteiger partial charge in [-0.3, -0.25) is 9.69 Å². The topological polar surface area (TPSA) is 32.3 Å². The van der Waals surface area contributed by atoms with Crippen LogP contribution in [0.15, 0.2) is 35.7 Å². The lowest BCUT2D eigenvalue weighted by molar-refractivity contribution is -0.117. The highest BCUT2D eigenvalue weighted by molar-refractivity contribution is 7.09. The molecule has 0 saturated carbocycles. The summed E-state index contributed by atoms with van der Waals surface area (Å²) in [6.45, 7) is 3.77. The largest absolute Gasteiger partial charge is 0.324 e. The molecule has 1 heterocycles. The molecule has 3 nitrogen and oxygen atoms in total. The van der Waals surface area contributed by atoms with Crippen molar-refractivity contribution in [2.45, 2.75) is 13.5 Å². The number of likely N-dealkylation sites (N-methyl/N-ethyl adjacent to an activating group) is 1. The van der Waals surface area contributed by atoms with Crippen LogP contribution in [0.25, 0.3) is 0 Å². The maximum Gasteiger partial charge on any atom is 0.238 e. The Morgan fingerprint density at radius 3 is 2.86 bits per heavy atom. The third-order valence-electron chi connectivity index (χ3n) is 2.98. The molecule has 1 amide bonds. The predicted molar refractivity (Wildman–Crippen MR) is 85.3 cm³/mol. The van der Waals surface area contributed by atoms with Crippen LogP contribution in [0.3, 0.4) is 0 Å². The highest BCUT2D eigenvalue weighted by atomic mass is 35.5. The fourth-order valence-corrected chi connectivity index (χ4v) is 2.85. The number of rotatable bonds is 6. The van der Waals surface area contributed by atoms with Crippen LogP contribution < -0.4 is 5.32 Å². The van der Waals surface area contributed by atoms with E-state index in [1.54, 1.807) is 11.3 Å². The van der Waals surface area contributed by atoms with E-state index in [0.29, 0.717) is 5.69 Å². The normalized spacial score (nSPS) is 10.9. The van der Waals surface area contributed by atoms with Crippen molar-refractivity contribution in [2.24, 2.45) is 0 Å². The van der Waals surface area contributed by atoms with Crippen LogP contribution in [0, 0.1) is 5.82 Å². The Kier molecular flexibility index (Phi) is 5.73. The summed E-state index contributed by atoms with van der Waals surface area (Å²) in [5.41, 5.74) is 0.426. The number of anilines is 1. The molecule has 6 heteroatoms. The number of amides is 1. The van der Waals surface area contributed by atoms with E-state index in [4.69, 9.17) is 11.6 Å². The molecule has 1 aromatic carbocycles. The van der Waals surface area contributed by atoms with Gasteiger partial charge < -0.3 is 5.32 Å². The third-order valence-corrected chi connectivity index (χ3v) is 4.15. The van der Waals surface area contributed by atoms with Gasteiger partial charge in [0.1, 0.15) is 5.82 Å². The van der Waals surface area contributed by atoms with Crippen molar-refractivity contribution in [1.29, 1.82) is 0 Å². The van der Waals surface area contributed by atoms with Gasteiger partial charge in [-0.05, 0) is 36.2 Å². The molecule has 0 aliphatic heterocycles. The van der Waals surface area contributed by atoms with Gasteiger partial charge >= 0.3 is 0 Å². The average molecular weight is 327 g/mol. The number of halogens is 2. The highest BCUT2D eigenvalue weighted by Crippen LogP contribution is 2.22. The van der Waals surface area contributed by atoms with Gasteiger partial charge in [-0.2, -0.15) is 0 Å². The van der Waals surface area contributed by atoms with Crippen LogP contribution in [0.4, 0.5) is 10.1 Å². The summed E-state index contributed by atoms with van der Waals surface area (Å²) in [5.74, 6) is -0.590. The zero-order valence-electron chi connectivity index (χ0n) is 11.6. The van der Waals surface area contributed by atoms with Crippen molar-refractivity contribution < 1.29 is 9.18 Å². The van der Waals surface area contributed by atoms with E-state index < -0.39 is 5.82 Å². The first kappa shape index (κ1) is 15.9. The summed E-state index contributed by atoms with van der Waals surface area (Å²) in [5, 5.41) is 4.92. The minimum absolute atomic E-state index is 0.165. The second-order valence-corrected chi connectivity index (χ2v) is 5.99. The first-order chi connectivity index (χ1) is 10.1. The van der Waals surface area contributed by atoms with E-state index in [9.17, 15) is 9.18 Å². The second kappa shape index (κ2) is 7.54. The molecular weight excluding hydrogens is 311 g/mol. The number of hydrogen-bond acceptors (Lipinski definition) is 3. The van der Waals surface area contributed by atoms with Crippen molar-refractivity contribution in [1.82, 2.24) is 4.90 Å². The number of nitrogens with one attached hydrogen (secondary N) is 1. The molecule has 0 unspecified atom stereocenters. The molecular formula is C15H16ClFN2OS. The number of thiophene rings is 1. The van der Waals surface area contributed by atoms with E-state index in [1.807, 2.05) is 29.3 Å². The quantitative estimate of drug-likeness (QED) is 0.870. The molecule has 0 aliphatic carbocycles. The fourth-order valence-electron chi connectivity index (χ4n) is 1.89. The van der Waals surface area contributed by atoms with Crippen molar-refractivity contribution in [3.63, 3.8) is 0 Å². The zero-order chi connectivity index (χ0) is 15.2. The molecule has 0 aliphatic rings. The Morgan fingerprint density at radius 1 is 1.43 bits per heavy atom. The molecule has 0 saturated heterocycles. The summed E-state index contributed by atoms with van der Waals surface area (Å²) in [4.78, 5) is 15.3. The molecule has 112 valence electrons. The van der Waals surface area contributed by atoms with Gasteiger partial charge in [-0.15, -0.1) is 11.3 Å². The highest BCUT2D eigenvalue weighted by Gasteiger charge is 2.12. The number of nitrogens with zero attached hydrogens (tertiary/aromatic N) is 1. The number of carbonyl (C=O) groups excluding carboxylic acids is 1. The van der Waals surface area contributed by atoms with Crippen molar-refractivity contribution >= 4 is 34.5 Å². The number of carbonyl (C=O) groups is 1. The standard InChI is InChI=1S/C15H16ClFN2OS/c1-2-19(9-12-4-3-7-21-12)10-15(20)18-14-6-5-11(17)8-13(14)16/h3-8H,2,9-10H2,1H3,(H,18,20). The third kappa shape index (κ3) is 4.81. The summed E-state index contributed by atoms with van der Waals surface area (Å²) < 4.78 is 13.0. The fraction of sp³-hybridized carbons (Fsp3) is 0.267. The Balaban J connectivity index is 1.93. The van der Waals surface area contributed by atoms with E-state index in [0.717, 1.165) is 13.1 Å². The van der Waals surface area contributed by atoms with Crippen LogP contribution in [0.5, 0.6) is 0 Å². The molecule has 1 aromatic heterocycles.